The average Bonchev–Trinajstić information content (AvgIpc) is 2.39. The van der Waals surface area contributed by atoms with Crippen LogP contribution in [0.15, 0.2) is 36.0 Å². The smallest absolute Gasteiger partial charge is 0.267 e. The maximum atomic E-state index is 11.9. The Bertz CT molecular complexity index is 522. The highest BCUT2D eigenvalue weighted by Gasteiger charge is 2.09. The van der Waals surface area contributed by atoms with Crippen LogP contribution in [0.25, 0.3) is 0 Å². The number of carbonyl (C=O) groups is 1. The van der Waals surface area contributed by atoms with Crippen LogP contribution in [0.3, 0.4) is 0 Å². The van der Waals surface area contributed by atoms with E-state index in [-0.39, 0.29) is 11.6 Å². The maximum Gasteiger partial charge on any atom is 0.267 e. The van der Waals surface area contributed by atoms with Gasteiger partial charge in [0.15, 0.2) is 0 Å². The van der Waals surface area contributed by atoms with Crippen LogP contribution in [0.5, 0.6) is 0 Å². The van der Waals surface area contributed by atoms with Crippen LogP contribution < -0.4 is 10.6 Å². The van der Waals surface area contributed by atoms with E-state index in [1.54, 1.807) is 0 Å². The Balaban J connectivity index is 2.74. The monoisotopic (exact) mass is 271 g/mol. The first-order valence-corrected chi connectivity index (χ1v) is 6.71. The molecule has 0 atom stereocenters. The van der Waals surface area contributed by atoms with Crippen molar-refractivity contribution >= 4 is 11.6 Å². The number of rotatable bonds is 5. The molecule has 1 rings (SSSR count). The summed E-state index contributed by atoms with van der Waals surface area (Å²) in [5.74, 6) is 0.0440. The first-order valence-electron chi connectivity index (χ1n) is 6.71. The highest BCUT2D eigenvalue weighted by molar-refractivity contribution is 6.06. The number of nitriles is 1. The third kappa shape index (κ3) is 4.77. The van der Waals surface area contributed by atoms with Gasteiger partial charge in [-0.1, -0.05) is 26.0 Å². The summed E-state index contributed by atoms with van der Waals surface area (Å²) in [6.07, 6.45) is 1.45. The van der Waals surface area contributed by atoms with Crippen molar-refractivity contribution in [2.24, 2.45) is 0 Å². The van der Waals surface area contributed by atoms with Crippen LogP contribution in [0.4, 0.5) is 5.69 Å². The van der Waals surface area contributed by atoms with Crippen molar-refractivity contribution in [3.63, 3.8) is 0 Å². The highest BCUT2D eigenvalue weighted by atomic mass is 16.1. The van der Waals surface area contributed by atoms with Crippen LogP contribution in [0.1, 0.15) is 39.2 Å². The van der Waals surface area contributed by atoms with Crippen molar-refractivity contribution in [3.8, 4) is 6.07 Å². The molecule has 4 heteroatoms. The number of carbonyl (C=O) groups excluding carboxylic acids is 1. The molecule has 2 N–H and O–H groups in total. The molecule has 0 spiro atoms. The second-order valence-corrected chi connectivity index (χ2v) is 5.22. The van der Waals surface area contributed by atoms with Crippen molar-refractivity contribution in [1.29, 1.82) is 5.26 Å². The summed E-state index contributed by atoms with van der Waals surface area (Å²) in [7, 11) is 0. The minimum Gasteiger partial charge on any atom is -0.387 e. The molecule has 0 saturated carbocycles. The van der Waals surface area contributed by atoms with E-state index in [4.69, 9.17) is 5.26 Å². The summed E-state index contributed by atoms with van der Waals surface area (Å²) in [6, 6.07) is 9.71. The van der Waals surface area contributed by atoms with Crippen molar-refractivity contribution in [3.05, 3.63) is 41.6 Å². The van der Waals surface area contributed by atoms with Crippen LogP contribution in [-0.4, -0.2) is 11.9 Å². The molecule has 1 aromatic rings. The third-order valence-corrected chi connectivity index (χ3v) is 2.76. The molecule has 0 fully saturated rings. The van der Waals surface area contributed by atoms with E-state index in [0.717, 1.165) is 0 Å². The Morgan fingerprint density at radius 1 is 1.20 bits per heavy atom. The van der Waals surface area contributed by atoms with Gasteiger partial charge in [-0.3, -0.25) is 4.79 Å². The molecular weight excluding hydrogens is 250 g/mol. The number of amides is 1. The lowest BCUT2D eigenvalue weighted by atomic mass is 10.0. The molecule has 0 aliphatic carbocycles. The molecule has 0 radical (unpaired) electrons. The van der Waals surface area contributed by atoms with Gasteiger partial charge in [-0.2, -0.15) is 5.26 Å². The molecule has 106 valence electrons. The number of anilines is 1. The third-order valence-electron chi connectivity index (χ3n) is 2.76. The Labute approximate surface area is 120 Å². The van der Waals surface area contributed by atoms with Crippen molar-refractivity contribution in [2.75, 3.05) is 5.32 Å². The van der Waals surface area contributed by atoms with E-state index in [1.807, 2.05) is 44.2 Å². The molecule has 0 bridgehead atoms. The fraction of sp³-hybridized carbons (Fsp3) is 0.375. The topological polar surface area (TPSA) is 64.9 Å². The van der Waals surface area contributed by atoms with Crippen LogP contribution >= 0.6 is 0 Å². The maximum absolute atomic E-state index is 11.9. The molecule has 0 aliphatic rings. The predicted octanol–water partition coefficient (Wildman–Crippen LogP) is 3.15. The Morgan fingerprint density at radius 2 is 1.80 bits per heavy atom. The number of nitrogens with one attached hydrogen (secondary N) is 2. The summed E-state index contributed by atoms with van der Waals surface area (Å²) >= 11 is 0. The minimum absolute atomic E-state index is 0.0617. The highest BCUT2D eigenvalue weighted by Crippen LogP contribution is 2.17. The predicted molar refractivity (Wildman–Crippen MR) is 81.1 cm³/mol. The van der Waals surface area contributed by atoms with E-state index in [9.17, 15) is 4.79 Å². The van der Waals surface area contributed by atoms with Crippen LogP contribution in [0.2, 0.25) is 0 Å². The zero-order valence-electron chi connectivity index (χ0n) is 12.4. The lowest BCUT2D eigenvalue weighted by Crippen LogP contribution is -2.20. The standard InChI is InChI=1S/C16H21N3O/c1-11(2)13-5-7-15(8-6-13)19-16(20)14(9-17)10-18-12(3)4/h5-8,10-12,18H,1-4H3,(H,19,20)/b14-10-. The zero-order chi connectivity index (χ0) is 15.1. The Morgan fingerprint density at radius 3 is 2.25 bits per heavy atom. The molecule has 0 unspecified atom stereocenters. The minimum atomic E-state index is -0.405. The summed E-state index contributed by atoms with van der Waals surface area (Å²) in [6.45, 7) is 8.10. The van der Waals surface area contributed by atoms with Crippen molar-refractivity contribution in [1.82, 2.24) is 5.32 Å². The molecule has 1 aromatic carbocycles. The van der Waals surface area contributed by atoms with E-state index < -0.39 is 5.91 Å². The first kappa shape index (κ1) is 15.8. The lowest BCUT2D eigenvalue weighted by molar-refractivity contribution is -0.112. The SMILES string of the molecule is CC(C)N/C=C(/C#N)C(=O)Nc1ccc(C(C)C)cc1. The van der Waals surface area contributed by atoms with E-state index in [2.05, 4.69) is 24.5 Å². The second kappa shape index (κ2) is 7.34. The summed E-state index contributed by atoms with van der Waals surface area (Å²) in [4.78, 5) is 11.9. The molecule has 1 amide bonds. The fourth-order valence-electron chi connectivity index (χ4n) is 1.55. The second-order valence-electron chi connectivity index (χ2n) is 5.22. The van der Waals surface area contributed by atoms with Gasteiger partial charge in [-0.15, -0.1) is 0 Å². The van der Waals surface area contributed by atoms with Gasteiger partial charge in [-0.05, 0) is 37.5 Å². The number of hydrogen-bond acceptors (Lipinski definition) is 3. The molecule has 0 heterocycles. The van der Waals surface area contributed by atoms with Crippen molar-refractivity contribution < 1.29 is 4.79 Å². The van der Waals surface area contributed by atoms with E-state index in [1.165, 1.54) is 11.8 Å². The Kier molecular flexibility index (Phi) is 5.79. The van der Waals surface area contributed by atoms with Gasteiger partial charge in [0, 0.05) is 17.9 Å². The quantitative estimate of drug-likeness (QED) is 0.638. The summed E-state index contributed by atoms with van der Waals surface area (Å²) in [5.41, 5.74) is 1.96. The average molecular weight is 271 g/mol. The number of nitrogens with zero attached hydrogens (tertiary/aromatic N) is 1. The van der Waals surface area contributed by atoms with Crippen molar-refractivity contribution in [2.45, 2.75) is 39.7 Å². The lowest BCUT2D eigenvalue weighted by Gasteiger charge is -2.09. The number of benzene rings is 1. The van der Waals surface area contributed by atoms with Crippen LogP contribution in [0, 0.1) is 11.3 Å². The van der Waals surface area contributed by atoms with Crippen LogP contribution in [-0.2, 0) is 4.79 Å². The summed E-state index contributed by atoms with van der Waals surface area (Å²) in [5, 5.41) is 14.6. The first-order chi connectivity index (χ1) is 9.43. The van der Waals surface area contributed by atoms with E-state index in [0.29, 0.717) is 11.6 Å². The zero-order valence-corrected chi connectivity index (χ0v) is 12.4. The molecule has 20 heavy (non-hydrogen) atoms. The van der Waals surface area contributed by atoms with E-state index >= 15 is 0 Å². The summed E-state index contributed by atoms with van der Waals surface area (Å²) < 4.78 is 0. The number of hydrogen-bond donors (Lipinski definition) is 2. The molecule has 0 aliphatic heterocycles. The largest absolute Gasteiger partial charge is 0.387 e. The normalized spacial score (nSPS) is 11.3. The Hall–Kier alpha value is -2.28. The van der Waals surface area contributed by atoms with Gasteiger partial charge < -0.3 is 10.6 Å². The van der Waals surface area contributed by atoms with Gasteiger partial charge in [0.05, 0.1) is 0 Å². The van der Waals surface area contributed by atoms with Gasteiger partial charge >= 0.3 is 0 Å². The molecule has 0 saturated heterocycles. The molecule has 4 nitrogen and oxygen atoms in total. The molecular formula is C16H21N3O. The van der Waals surface area contributed by atoms with Gasteiger partial charge in [0.1, 0.15) is 11.6 Å². The fourth-order valence-corrected chi connectivity index (χ4v) is 1.55. The van der Waals surface area contributed by atoms with Gasteiger partial charge in [0.2, 0.25) is 0 Å². The van der Waals surface area contributed by atoms with Gasteiger partial charge in [-0.25, -0.2) is 0 Å². The van der Waals surface area contributed by atoms with Gasteiger partial charge in [0.25, 0.3) is 5.91 Å². The molecule has 0 aromatic heterocycles.